The van der Waals surface area contributed by atoms with Crippen molar-refractivity contribution < 1.29 is 17.9 Å². The number of rotatable bonds is 4. The first-order valence-electron chi connectivity index (χ1n) is 6.89. The van der Waals surface area contributed by atoms with Crippen LogP contribution in [0.1, 0.15) is 20.3 Å². The van der Waals surface area contributed by atoms with Crippen molar-refractivity contribution in [1.82, 2.24) is 5.32 Å². The van der Waals surface area contributed by atoms with Gasteiger partial charge in [0.15, 0.2) is 9.84 Å². The van der Waals surface area contributed by atoms with E-state index in [1.165, 1.54) is 0 Å². The first-order valence-corrected chi connectivity index (χ1v) is 8.71. The van der Waals surface area contributed by atoms with Crippen LogP contribution >= 0.6 is 0 Å². The zero-order valence-electron chi connectivity index (χ0n) is 12.1. The largest absolute Gasteiger partial charge is 0.489 e. The lowest BCUT2D eigenvalue weighted by molar-refractivity contribution is 0.241. The van der Waals surface area contributed by atoms with Gasteiger partial charge < -0.3 is 15.4 Å². The summed E-state index contributed by atoms with van der Waals surface area (Å²) in [6, 6.07) is 6.39. The molecule has 1 aromatic carbocycles. The molecule has 6 nitrogen and oxygen atoms in total. The van der Waals surface area contributed by atoms with Crippen molar-refractivity contribution in [3.05, 3.63) is 24.3 Å². The average molecular weight is 312 g/mol. The fraction of sp³-hybridized carbons (Fsp3) is 0.500. The molecule has 0 radical (unpaired) electrons. The number of anilines is 1. The van der Waals surface area contributed by atoms with Crippen LogP contribution in [0.15, 0.2) is 24.3 Å². The highest BCUT2D eigenvalue weighted by atomic mass is 32.2. The van der Waals surface area contributed by atoms with Crippen LogP contribution in [0.4, 0.5) is 10.5 Å². The predicted octanol–water partition coefficient (Wildman–Crippen LogP) is 1.78. The molecule has 1 aromatic rings. The minimum absolute atomic E-state index is 0.00372. The normalized spacial score (nSPS) is 20.2. The summed E-state index contributed by atoms with van der Waals surface area (Å²) in [5.74, 6) is 0.719. The number of hydrogen-bond donors (Lipinski definition) is 2. The van der Waals surface area contributed by atoms with E-state index in [4.69, 9.17) is 4.74 Å². The highest BCUT2D eigenvalue weighted by Gasteiger charge is 2.29. The van der Waals surface area contributed by atoms with E-state index in [1.807, 2.05) is 19.9 Å². The molecule has 0 aromatic heterocycles. The van der Waals surface area contributed by atoms with E-state index in [9.17, 15) is 13.2 Å². The molecule has 1 aliphatic heterocycles. The Morgan fingerprint density at radius 2 is 2.05 bits per heavy atom. The molecule has 1 aliphatic rings. The first-order chi connectivity index (χ1) is 9.85. The average Bonchev–Trinajstić information content (AvgIpc) is 2.70. The van der Waals surface area contributed by atoms with Crippen LogP contribution in [0.2, 0.25) is 0 Å². The van der Waals surface area contributed by atoms with Crippen molar-refractivity contribution in [2.75, 3.05) is 16.8 Å². The summed E-state index contributed by atoms with van der Waals surface area (Å²) in [5.41, 5.74) is 0.560. The molecule has 1 fully saturated rings. The van der Waals surface area contributed by atoms with E-state index >= 15 is 0 Å². The third-order valence-corrected chi connectivity index (χ3v) is 4.83. The number of benzene rings is 1. The number of carbonyl (C=O) groups is 1. The lowest BCUT2D eigenvalue weighted by atomic mass is 10.2. The van der Waals surface area contributed by atoms with Crippen LogP contribution in [0, 0.1) is 0 Å². The summed E-state index contributed by atoms with van der Waals surface area (Å²) >= 11 is 0. The molecule has 1 saturated heterocycles. The second-order valence-electron chi connectivity index (χ2n) is 5.36. The molecule has 7 heteroatoms. The quantitative estimate of drug-likeness (QED) is 0.887. The summed E-state index contributed by atoms with van der Waals surface area (Å²) in [6.45, 7) is 3.81. The molecule has 0 aliphatic carbocycles. The number of carbonyl (C=O) groups excluding carboxylic acids is 1. The standard InChI is InChI=1S/C14H20N2O4S/c1-10(2)20-13-6-4-3-5-12(13)16-14(17)15-11-7-8-21(18,19)9-11/h3-6,10-11H,7-9H2,1-2H3,(H2,15,16,17)/t11-/m1/s1. The minimum Gasteiger partial charge on any atom is -0.489 e. The monoisotopic (exact) mass is 312 g/mol. The van der Waals surface area contributed by atoms with Crippen molar-refractivity contribution in [2.24, 2.45) is 0 Å². The van der Waals surface area contributed by atoms with Gasteiger partial charge in [-0.1, -0.05) is 12.1 Å². The van der Waals surface area contributed by atoms with Crippen LogP contribution < -0.4 is 15.4 Å². The highest BCUT2D eigenvalue weighted by molar-refractivity contribution is 7.91. The lowest BCUT2D eigenvalue weighted by Crippen LogP contribution is -2.38. The maximum atomic E-state index is 11.9. The maximum absolute atomic E-state index is 11.9. The number of urea groups is 1. The molecular weight excluding hydrogens is 292 g/mol. The zero-order valence-corrected chi connectivity index (χ0v) is 12.9. The zero-order chi connectivity index (χ0) is 15.5. The Morgan fingerprint density at radius 3 is 2.67 bits per heavy atom. The molecule has 2 N–H and O–H groups in total. The summed E-state index contributed by atoms with van der Waals surface area (Å²) in [6.07, 6.45) is 0.455. The fourth-order valence-corrected chi connectivity index (χ4v) is 3.85. The van der Waals surface area contributed by atoms with Gasteiger partial charge in [0.25, 0.3) is 0 Å². The Hall–Kier alpha value is -1.76. The molecule has 0 bridgehead atoms. The van der Waals surface area contributed by atoms with Crippen LogP contribution in [-0.2, 0) is 9.84 Å². The Morgan fingerprint density at radius 1 is 1.33 bits per heavy atom. The highest BCUT2D eigenvalue weighted by Crippen LogP contribution is 2.24. The van der Waals surface area contributed by atoms with Gasteiger partial charge in [-0.2, -0.15) is 0 Å². The third kappa shape index (κ3) is 4.63. The Bertz CT molecular complexity index is 613. The second kappa shape index (κ2) is 6.34. The van der Waals surface area contributed by atoms with Gasteiger partial charge in [-0.15, -0.1) is 0 Å². The maximum Gasteiger partial charge on any atom is 0.319 e. The molecule has 0 saturated carbocycles. The minimum atomic E-state index is -3.01. The van der Waals surface area contributed by atoms with E-state index in [2.05, 4.69) is 10.6 Å². The van der Waals surface area contributed by atoms with Crippen LogP contribution in [0.25, 0.3) is 0 Å². The van der Waals surface area contributed by atoms with Gasteiger partial charge in [-0.3, -0.25) is 0 Å². The van der Waals surface area contributed by atoms with Crippen molar-refractivity contribution in [3.8, 4) is 5.75 Å². The number of sulfone groups is 1. The van der Waals surface area contributed by atoms with Crippen molar-refractivity contribution in [1.29, 1.82) is 0 Å². The van der Waals surface area contributed by atoms with Gasteiger partial charge in [0.2, 0.25) is 0 Å². The van der Waals surface area contributed by atoms with Gasteiger partial charge in [0.05, 0.1) is 23.3 Å². The number of hydrogen-bond acceptors (Lipinski definition) is 4. The number of ether oxygens (including phenoxy) is 1. The van der Waals surface area contributed by atoms with Gasteiger partial charge in [0, 0.05) is 6.04 Å². The van der Waals surface area contributed by atoms with Gasteiger partial charge in [0.1, 0.15) is 5.75 Å². The van der Waals surface area contributed by atoms with Crippen molar-refractivity contribution in [2.45, 2.75) is 32.4 Å². The van der Waals surface area contributed by atoms with Crippen LogP contribution in [0.5, 0.6) is 5.75 Å². The molecule has 0 unspecified atom stereocenters. The Balaban J connectivity index is 1.97. The van der Waals surface area contributed by atoms with Crippen molar-refractivity contribution in [3.63, 3.8) is 0 Å². The molecular formula is C14H20N2O4S. The number of amides is 2. The van der Waals surface area contributed by atoms with E-state index < -0.39 is 15.9 Å². The predicted molar refractivity (Wildman–Crippen MR) is 81.4 cm³/mol. The lowest BCUT2D eigenvalue weighted by Gasteiger charge is -2.16. The van der Waals surface area contributed by atoms with Crippen molar-refractivity contribution >= 4 is 21.6 Å². The van der Waals surface area contributed by atoms with Gasteiger partial charge in [-0.05, 0) is 32.4 Å². The molecule has 2 amide bonds. The third-order valence-electron chi connectivity index (χ3n) is 3.07. The number of para-hydroxylation sites is 2. The molecule has 116 valence electrons. The van der Waals surface area contributed by atoms with Crippen LogP contribution in [-0.4, -0.2) is 38.1 Å². The number of nitrogens with one attached hydrogen (secondary N) is 2. The summed E-state index contributed by atoms with van der Waals surface area (Å²) in [4.78, 5) is 11.9. The summed E-state index contributed by atoms with van der Waals surface area (Å²) in [5, 5.41) is 5.38. The molecule has 2 rings (SSSR count). The van der Waals surface area contributed by atoms with Gasteiger partial charge >= 0.3 is 6.03 Å². The first kappa shape index (κ1) is 15.6. The topological polar surface area (TPSA) is 84.5 Å². The molecule has 1 atom stereocenters. The molecule has 1 heterocycles. The smallest absolute Gasteiger partial charge is 0.319 e. The summed E-state index contributed by atoms with van der Waals surface area (Å²) < 4.78 is 28.3. The SMILES string of the molecule is CC(C)Oc1ccccc1NC(=O)N[C@@H]1CCS(=O)(=O)C1. The molecule has 0 spiro atoms. The second-order valence-corrected chi connectivity index (χ2v) is 7.59. The molecule has 21 heavy (non-hydrogen) atoms. The Labute approximate surface area is 124 Å². The van der Waals surface area contributed by atoms with E-state index in [0.29, 0.717) is 17.9 Å². The summed E-state index contributed by atoms with van der Waals surface area (Å²) in [7, 11) is -3.01. The van der Waals surface area contributed by atoms with E-state index in [1.54, 1.807) is 18.2 Å². The van der Waals surface area contributed by atoms with Gasteiger partial charge in [-0.25, -0.2) is 13.2 Å². The fourth-order valence-electron chi connectivity index (χ4n) is 2.18. The van der Waals surface area contributed by atoms with E-state index in [0.717, 1.165) is 0 Å². The van der Waals surface area contributed by atoms with Crippen LogP contribution in [0.3, 0.4) is 0 Å². The van der Waals surface area contributed by atoms with E-state index in [-0.39, 0.29) is 23.7 Å². The Kier molecular flexibility index (Phi) is 4.72.